The van der Waals surface area contributed by atoms with Crippen molar-refractivity contribution in [3.05, 3.63) is 68.9 Å². The van der Waals surface area contributed by atoms with Gasteiger partial charge in [0.1, 0.15) is 5.82 Å². The van der Waals surface area contributed by atoms with Crippen LogP contribution in [0, 0.1) is 5.82 Å². The number of aliphatic hydroxyl groups is 1. The van der Waals surface area contributed by atoms with Gasteiger partial charge in [0.25, 0.3) is 0 Å². The maximum absolute atomic E-state index is 13.1. The normalized spacial score (nSPS) is 14.2. The molecule has 0 aliphatic heterocycles. The van der Waals surface area contributed by atoms with Crippen LogP contribution in [-0.2, 0) is 12.0 Å². The molecular weight excluding hydrogens is 331 g/mol. The molecule has 0 radical (unpaired) electrons. The Labute approximate surface area is 125 Å². The summed E-state index contributed by atoms with van der Waals surface area (Å²) < 4.78 is 14.0. The summed E-state index contributed by atoms with van der Waals surface area (Å²) in [4.78, 5) is 0. The predicted molar refractivity (Wildman–Crippen MR) is 78.8 cm³/mol. The van der Waals surface area contributed by atoms with E-state index < -0.39 is 11.4 Å². The van der Waals surface area contributed by atoms with Crippen LogP contribution in [0.4, 0.5) is 4.39 Å². The monoisotopic (exact) mass is 342 g/mol. The lowest BCUT2D eigenvalue weighted by molar-refractivity contribution is 0.0568. The average Bonchev–Trinajstić information content (AvgIpc) is 2.34. The van der Waals surface area contributed by atoms with Crippen molar-refractivity contribution in [2.24, 2.45) is 0 Å². The number of hydrogen-bond donors (Lipinski definition) is 1. The summed E-state index contributed by atoms with van der Waals surface area (Å²) in [5.41, 5.74) is 0.518. The Morgan fingerprint density at radius 2 is 1.95 bits per heavy atom. The number of benzene rings is 2. The molecule has 0 spiro atoms. The maximum Gasteiger partial charge on any atom is 0.141 e. The minimum absolute atomic E-state index is 0.0698. The van der Waals surface area contributed by atoms with E-state index in [2.05, 4.69) is 15.9 Å². The molecule has 2 rings (SSSR count). The van der Waals surface area contributed by atoms with Gasteiger partial charge in [-0.15, -0.1) is 0 Å². The highest BCUT2D eigenvalue weighted by Gasteiger charge is 2.25. The fourth-order valence-electron chi connectivity index (χ4n) is 2.04. The number of hydrogen-bond acceptors (Lipinski definition) is 1. The first-order valence-corrected chi connectivity index (χ1v) is 6.98. The van der Waals surface area contributed by atoms with E-state index in [-0.39, 0.29) is 5.02 Å². The Morgan fingerprint density at radius 3 is 2.58 bits per heavy atom. The lowest BCUT2D eigenvalue weighted by atomic mass is 9.89. The molecule has 0 aliphatic carbocycles. The largest absolute Gasteiger partial charge is 0.385 e. The van der Waals surface area contributed by atoms with Gasteiger partial charge in [0, 0.05) is 10.9 Å². The summed E-state index contributed by atoms with van der Waals surface area (Å²) in [6.07, 6.45) is 0.357. The van der Waals surface area contributed by atoms with Crippen LogP contribution < -0.4 is 0 Å². The Hall–Kier alpha value is -0.900. The average molecular weight is 344 g/mol. The summed E-state index contributed by atoms with van der Waals surface area (Å²) in [5, 5.41) is 10.7. The second-order valence-electron chi connectivity index (χ2n) is 4.68. The van der Waals surface area contributed by atoms with Crippen molar-refractivity contribution in [1.82, 2.24) is 0 Å². The first kappa shape index (κ1) is 14.5. The van der Waals surface area contributed by atoms with Crippen LogP contribution in [0.1, 0.15) is 18.1 Å². The Balaban J connectivity index is 2.31. The van der Waals surface area contributed by atoms with Crippen molar-refractivity contribution < 1.29 is 9.50 Å². The van der Waals surface area contributed by atoms with Gasteiger partial charge < -0.3 is 5.11 Å². The number of rotatable bonds is 3. The fourth-order valence-corrected chi connectivity index (χ4v) is 2.96. The summed E-state index contributed by atoms with van der Waals surface area (Å²) >= 11 is 9.18. The second-order valence-corrected chi connectivity index (χ2v) is 5.94. The standard InChI is InChI=1S/C15H13BrClFO/c1-15(19,11-4-2-3-5-12(11)16)9-10-6-7-14(18)13(17)8-10/h2-8,19H,9H2,1H3. The predicted octanol–water partition coefficient (Wildman–Crippen LogP) is 4.69. The van der Waals surface area contributed by atoms with Crippen LogP contribution in [0.15, 0.2) is 46.9 Å². The summed E-state index contributed by atoms with van der Waals surface area (Å²) in [6, 6.07) is 12.0. The van der Waals surface area contributed by atoms with Crippen molar-refractivity contribution in [3.8, 4) is 0 Å². The molecule has 0 heterocycles. The zero-order chi connectivity index (χ0) is 14.0. The van der Waals surface area contributed by atoms with Crippen molar-refractivity contribution in [1.29, 1.82) is 0 Å². The third-order valence-electron chi connectivity index (χ3n) is 2.99. The van der Waals surface area contributed by atoms with Crippen LogP contribution in [0.25, 0.3) is 0 Å². The van der Waals surface area contributed by atoms with Gasteiger partial charge in [-0.3, -0.25) is 0 Å². The molecule has 0 bridgehead atoms. The molecule has 2 aromatic carbocycles. The minimum Gasteiger partial charge on any atom is -0.385 e. The van der Waals surface area contributed by atoms with Crippen LogP contribution >= 0.6 is 27.5 Å². The highest BCUT2D eigenvalue weighted by molar-refractivity contribution is 9.10. The summed E-state index contributed by atoms with van der Waals surface area (Å²) in [5.74, 6) is -0.453. The zero-order valence-corrected chi connectivity index (χ0v) is 12.7. The molecule has 0 aromatic heterocycles. The van der Waals surface area contributed by atoms with E-state index in [0.717, 1.165) is 15.6 Å². The first-order chi connectivity index (χ1) is 8.90. The molecular formula is C15H13BrClFO. The van der Waals surface area contributed by atoms with E-state index in [1.54, 1.807) is 19.1 Å². The Kier molecular flexibility index (Phi) is 4.29. The molecule has 1 atom stereocenters. The summed E-state index contributed by atoms with van der Waals surface area (Å²) in [7, 11) is 0. The van der Waals surface area contributed by atoms with Gasteiger partial charge in [0.2, 0.25) is 0 Å². The van der Waals surface area contributed by atoms with Gasteiger partial charge in [-0.25, -0.2) is 4.39 Å². The molecule has 1 N–H and O–H groups in total. The Bertz CT molecular complexity index is 598. The SMILES string of the molecule is CC(O)(Cc1ccc(F)c(Cl)c1)c1ccccc1Br. The highest BCUT2D eigenvalue weighted by Crippen LogP contribution is 2.31. The van der Waals surface area contributed by atoms with Gasteiger partial charge in [-0.2, -0.15) is 0 Å². The molecule has 1 nitrogen and oxygen atoms in total. The van der Waals surface area contributed by atoms with Crippen molar-refractivity contribution in [2.45, 2.75) is 18.9 Å². The molecule has 0 fully saturated rings. The van der Waals surface area contributed by atoms with Crippen LogP contribution in [-0.4, -0.2) is 5.11 Å². The van der Waals surface area contributed by atoms with Crippen molar-refractivity contribution in [3.63, 3.8) is 0 Å². The molecule has 4 heteroatoms. The van der Waals surface area contributed by atoms with Crippen molar-refractivity contribution >= 4 is 27.5 Å². The second kappa shape index (κ2) is 5.61. The summed E-state index contributed by atoms with van der Waals surface area (Å²) in [6.45, 7) is 1.73. The quantitative estimate of drug-likeness (QED) is 0.857. The third-order valence-corrected chi connectivity index (χ3v) is 3.97. The molecule has 0 amide bonds. The lowest BCUT2D eigenvalue weighted by Crippen LogP contribution is -2.24. The lowest BCUT2D eigenvalue weighted by Gasteiger charge is -2.25. The smallest absolute Gasteiger partial charge is 0.141 e. The third kappa shape index (κ3) is 3.35. The number of halogens is 3. The molecule has 0 aliphatic rings. The first-order valence-electron chi connectivity index (χ1n) is 5.81. The van der Waals surface area contributed by atoms with Crippen LogP contribution in [0.5, 0.6) is 0 Å². The maximum atomic E-state index is 13.1. The fraction of sp³-hybridized carbons (Fsp3) is 0.200. The van der Waals surface area contributed by atoms with Crippen LogP contribution in [0.3, 0.4) is 0 Å². The van der Waals surface area contributed by atoms with E-state index in [4.69, 9.17) is 11.6 Å². The van der Waals surface area contributed by atoms with Crippen molar-refractivity contribution in [2.75, 3.05) is 0 Å². The zero-order valence-electron chi connectivity index (χ0n) is 10.3. The topological polar surface area (TPSA) is 20.2 Å². The minimum atomic E-state index is -1.05. The van der Waals surface area contributed by atoms with E-state index in [1.165, 1.54) is 6.07 Å². The van der Waals surface area contributed by atoms with Crippen LogP contribution in [0.2, 0.25) is 5.02 Å². The highest BCUT2D eigenvalue weighted by atomic mass is 79.9. The van der Waals surface area contributed by atoms with Gasteiger partial charge in [0.05, 0.1) is 10.6 Å². The van der Waals surface area contributed by atoms with E-state index in [0.29, 0.717) is 6.42 Å². The Morgan fingerprint density at radius 1 is 1.26 bits per heavy atom. The molecule has 2 aromatic rings. The molecule has 19 heavy (non-hydrogen) atoms. The van der Waals surface area contributed by atoms with Gasteiger partial charge >= 0.3 is 0 Å². The molecule has 0 saturated carbocycles. The van der Waals surface area contributed by atoms with E-state index in [1.807, 2.05) is 24.3 Å². The van der Waals surface area contributed by atoms with Gasteiger partial charge in [-0.05, 0) is 36.2 Å². The van der Waals surface area contributed by atoms with Gasteiger partial charge in [-0.1, -0.05) is 51.8 Å². The van der Waals surface area contributed by atoms with E-state index >= 15 is 0 Å². The van der Waals surface area contributed by atoms with E-state index in [9.17, 15) is 9.50 Å². The van der Waals surface area contributed by atoms with Gasteiger partial charge in [0.15, 0.2) is 0 Å². The molecule has 0 saturated heterocycles. The molecule has 1 unspecified atom stereocenters. The molecule has 100 valence electrons.